The van der Waals surface area contributed by atoms with E-state index in [1.807, 2.05) is 11.9 Å². The Morgan fingerprint density at radius 2 is 1.82 bits per heavy atom. The minimum Gasteiger partial charge on any atom is -0.328 e. The van der Waals surface area contributed by atoms with Crippen LogP contribution in [0.25, 0.3) is 0 Å². The maximum atomic E-state index is 13.7. The molecule has 3 aromatic rings. The van der Waals surface area contributed by atoms with Crippen molar-refractivity contribution in [1.29, 1.82) is 0 Å². The van der Waals surface area contributed by atoms with Crippen molar-refractivity contribution in [3.05, 3.63) is 69.4 Å². The van der Waals surface area contributed by atoms with Gasteiger partial charge in [0.2, 0.25) is 5.13 Å². The standard InChI is InChI=1S/C18H16F4N4S2/c1-25(10-12-6-8-13(9-7-12)18(20,21)22)11-26-17(27)28-16(24-26)23-15-5-3-2-4-14(15)19/h2-9H,10-11H2,1H3,(H,23,24). The molecule has 0 unspecified atom stereocenters. The van der Waals surface area contributed by atoms with Gasteiger partial charge < -0.3 is 5.32 Å². The summed E-state index contributed by atoms with van der Waals surface area (Å²) < 4.78 is 53.7. The summed E-state index contributed by atoms with van der Waals surface area (Å²) in [6.07, 6.45) is -4.35. The molecule has 0 atom stereocenters. The fourth-order valence-corrected chi connectivity index (χ4v) is 3.52. The third-order valence-corrected chi connectivity index (χ3v) is 5.05. The van der Waals surface area contributed by atoms with Crippen LogP contribution >= 0.6 is 23.6 Å². The van der Waals surface area contributed by atoms with Gasteiger partial charge >= 0.3 is 6.18 Å². The fourth-order valence-electron chi connectivity index (χ4n) is 2.51. The molecule has 2 aromatic carbocycles. The summed E-state index contributed by atoms with van der Waals surface area (Å²) in [4.78, 5) is 1.87. The van der Waals surface area contributed by atoms with Crippen molar-refractivity contribution in [2.24, 2.45) is 0 Å². The number of benzene rings is 2. The number of nitrogens with zero attached hydrogens (tertiary/aromatic N) is 3. The molecule has 3 rings (SSSR count). The van der Waals surface area contributed by atoms with E-state index in [1.54, 1.807) is 22.9 Å². The molecule has 0 saturated carbocycles. The second kappa shape index (κ2) is 8.38. The number of aromatic nitrogens is 2. The molecule has 1 aromatic heterocycles. The highest BCUT2D eigenvalue weighted by Crippen LogP contribution is 2.29. The highest BCUT2D eigenvalue weighted by molar-refractivity contribution is 7.73. The summed E-state index contributed by atoms with van der Waals surface area (Å²) in [5.74, 6) is -0.394. The summed E-state index contributed by atoms with van der Waals surface area (Å²) >= 11 is 6.50. The third kappa shape index (κ3) is 5.15. The van der Waals surface area contributed by atoms with Gasteiger partial charge in [-0.05, 0) is 49.1 Å². The zero-order valence-corrected chi connectivity index (χ0v) is 16.3. The molecule has 0 amide bonds. The molecule has 1 heterocycles. The molecule has 0 bridgehead atoms. The van der Waals surface area contributed by atoms with Gasteiger partial charge in [0.05, 0.1) is 17.9 Å². The minimum absolute atomic E-state index is 0.302. The highest BCUT2D eigenvalue weighted by Gasteiger charge is 2.29. The van der Waals surface area contributed by atoms with Crippen LogP contribution in [-0.2, 0) is 19.4 Å². The Labute approximate surface area is 168 Å². The molecule has 10 heteroatoms. The molecule has 0 spiro atoms. The van der Waals surface area contributed by atoms with E-state index in [9.17, 15) is 17.6 Å². The fraction of sp³-hybridized carbons (Fsp3) is 0.222. The van der Waals surface area contributed by atoms with Crippen molar-refractivity contribution < 1.29 is 17.6 Å². The Kier molecular flexibility index (Phi) is 6.11. The second-order valence-corrected chi connectivity index (χ2v) is 7.75. The first-order chi connectivity index (χ1) is 13.2. The molecule has 148 valence electrons. The van der Waals surface area contributed by atoms with Crippen LogP contribution < -0.4 is 5.32 Å². The lowest BCUT2D eigenvalue weighted by molar-refractivity contribution is -0.137. The second-order valence-electron chi connectivity index (χ2n) is 6.13. The van der Waals surface area contributed by atoms with E-state index in [2.05, 4.69) is 10.4 Å². The SMILES string of the molecule is CN(Cc1ccc(C(F)(F)F)cc1)Cn1nc(Nc2ccccc2F)sc1=S. The lowest BCUT2D eigenvalue weighted by atomic mass is 10.1. The molecule has 0 radical (unpaired) electrons. The molecule has 28 heavy (non-hydrogen) atoms. The van der Waals surface area contributed by atoms with Gasteiger partial charge in [0.15, 0.2) is 3.95 Å². The lowest BCUT2D eigenvalue weighted by Gasteiger charge is -2.17. The van der Waals surface area contributed by atoms with Crippen molar-refractivity contribution in [3.8, 4) is 0 Å². The quantitative estimate of drug-likeness (QED) is 0.405. The summed E-state index contributed by atoms with van der Waals surface area (Å²) in [5, 5.41) is 7.69. The summed E-state index contributed by atoms with van der Waals surface area (Å²) in [6.45, 7) is 0.767. The van der Waals surface area contributed by atoms with E-state index in [-0.39, 0.29) is 0 Å². The molecule has 1 N–H and O–H groups in total. The topological polar surface area (TPSA) is 33.1 Å². The molecule has 0 aliphatic rings. The van der Waals surface area contributed by atoms with E-state index < -0.39 is 17.6 Å². The van der Waals surface area contributed by atoms with Crippen molar-refractivity contribution in [1.82, 2.24) is 14.7 Å². The monoisotopic (exact) mass is 428 g/mol. The molecule has 0 saturated heterocycles. The van der Waals surface area contributed by atoms with Crippen molar-refractivity contribution in [2.75, 3.05) is 12.4 Å². The lowest BCUT2D eigenvalue weighted by Crippen LogP contribution is -2.22. The maximum Gasteiger partial charge on any atom is 0.416 e. The Morgan fingerprint density at radius 1 is 1.14 bits per heavy atom. The van der Waals surface area contributed by atoms with Gasteiger partial charge in [-0.2, -0.15) is 13.2 Å². The molecular weight excluding hydrogens is 412 g/mol. The molecular formula is C18H16F4N4S2. The van der Waals surface area contributed by atoms with Gasteiger partial charge in [-0.25, -0.2) is 9.07 Å². The van der Waals surface area contributed by atoms with Crippen molar-refractivity contribution >= 4 is 34.4 Å². The summed E-state index contributed by atoms with van der Waals surface area (Å²) in [5.41, 5.74) is 0.364. The van der Waals surface area contributed by atoms with Gasteiger partial charge in [0.25, 0.3) is 0 Å². The van der Waals surface area contributed by atoms with Crippen LogP contribution in [0.1, 0.15) is 11.1 Å². The smallest absolute Gasteiger partial charge is 0.328 e. The zero-order valence-electron chi connectivity index (χ0n) is 14.7. The first-order valence-corrected chi connectivity index (χ1v) is 9.39. The van der Waals surface area contributed by atoms with Crippen molar-refractivity contribution in [2.45, 2.75) is 19.4 Å². The predicted molar refractivity (Wildman–Crippen MR) is 104 cm³/mol. The number of halogens is 4. The van der Waals surface area contributed by atoms with Crippen LogP contribution in [0.5, 0.6) is 0 Å². The zero-order chi connectivity index (χ0) is 20.3. The van der Waals surface area contributed by atoms with Crippen LogP contribution in [0.15, 0.2) is 48.5 Å². The first-order valence-electron chi connectivity index (χ1n) is 8.16. The molecule has 0 aliphatic carbocycles. The van der Waals surface area contributed by atoms with Gasteiger partial charge in [0.1, 0.15) is 5.82 Å². The summed E-state index contributed by atoms with van der Waals surface area (Å²) in [6, 6.07) is 11.3. The Bertz CT molecular complexity index is 996. The van der Waals surface area contributed by atoms with Gasteiger partial charge in [-0.1, -0.05) is 35.6 Å². The van der Waals surface area contributed by atoms with E-state index in [0.717, 1.165) is 17.7 Å². The van der Waals surface area contributed by atoms with Crippen LogP contribution in [0, 0.1) is 9.77 Å². The van der Waals surface area contributed by atoms with Crippen LogP contribution in [0.3, 0.4) is 0 Å². The van der Waals surface area contributed by atoms with Crippen LogP contribution in [0.2, 0.25) is 0 Å². The number of nitrogens with one attached hydrogen (secondary N) is 1. The maximum absolute atomic E-state index is 13.7. The normalized spacial score (nSPS) is 11.8. The van der Waals surface area contributed by atoms with E-state index in [0.29, 0.717) is 28.0 Å². The number of anilines is 2. The molecule has 0 aliphatic heterocycles. The third-order valence-electron chi connectivity index (χ3n) is 3.83. The Hall–Kier alpha value is -2.30. The van der Waals surface area contributed by atoms with E-state index >= 15 is 0 Å². The number of rotatable bonds is 6. The number of para-hydroxylation sites is 1. The molecule has 4 nitrogen and oxygen atoms in total. The van der Waals surface area contributed by atoms with E-state index in [4.69, 9.17) is 12.2 Å². The van der Waals surface area contributed by atoms with Gasteiger partial charge in [-0.15, -0.1) is 5.10 Å². The number of hydrogen-bond acceptors (Lipinski definition) is 5. The Balaban J connectivity index is 1.64. The largest absolute Gasteiger partial charge is 0.416 e. The molecule has 0 fully saturated rings. The summed E-state index contributed by atoms with van der Waals surface area (Å²) in [7, 11) is 1.81. The number of hydrogen-bond donors (Lipinski definition) is 1. The first kappa shape index (κ1) is 20.4. The van der Waals surface area contributed by atoms with Gasteiger partial charge in [-0.3, -0.25) is 4.90 Å². The average molecular weight is 428 g/mol. The predicted octanol–water partition coefficient (Wildman–Crippen LogP) is 5.67. The van der Waals surface area contributed by atoms with Crippen molar-refractivity contribution in [3.63, 3.8) is 0 Å². The highest BCUT2D eigenvalue weighted by atomic mass is 32.1. The minimum atomic E-state index is -4.35. The van der Waals surface area contributed by atoms with Crippen LogP contribution in [0.4, 0.5) is 28.4 Å². The van der Waals surface area contributed by atoms with E-state index in [1.165, 1.54) is 29.5 Å². The Morgan fingerprint density at radius 3 is 2.46 bits per heavy atom. The van der Waals surface area contributed by atoms with Gasteiger partial charge in [0, 0.05) is 6.54 Å². The number of alkyl halides is 3. The average Bonchev–Trinajstić information content (AvgIpc) is 2.95. The van der Waals surface area contributed by atoms with Crippen LogP contribution in [-0.4, -0.2) is 21.7 Å².